The van der Waals surface area contributed by atoms with Gasteiger partial charge in [-0.25, -0.2) is 4.98 Å². The first-order valence-corrected chi connectivity index (χ1v) is 8.21. The van der Waals surface area contributed by atoms with E-state index in [2.05, 4.69) is 15.5 Å². The van der Waals surface area contributed by atoms with Crippen LogP contribution >= 0.6 is 12.4 Å². The number of ether oxygens (including phenoxy) is 2. The summed E-state index contributed by atoms with van der Waals surface area (Å²) in [5, 5.41) is 7.52. The molecule has 2 aromatic heterocycles. The number of halogens is 1. The Balaban J connectivity index is 0.00000210. The van der Waals surface area contributed by atoms with Crippen LogP contribution in [0.15, 0.2) is 22.7 Å². The molecular formula is C18H19ClN4O4. The largest absolute Gasteiger partial charge is 0.454 e. The van der Waals surface area contributed by atoms with Gasteiger partial charge in [-0.3, -0.25) is 4.79 Å². The lowest BCUT2D eigenvalue weighted by Crippen LogP contribution is -2.14. The first-order chi connectivity index (χ1) is 12.4. The third-order valence-electron chi connectivity index (χ3n) is 4.19. The molecule has 0 saturated heterocycles. The van der Waals surface area contributed by atoms with Crippen LogP contribution < -0.4 is 20.5 Å². The molecule has 3 aromatic rings. The highest BCUT2D eigenvalue weighted by atomic mass is 35.5. The van der Waals surface area contributed by atoms with Crippen molar-refractivity contribution in [3.63, 3.8) is 0 Å². The fraction of sp³-hybridized carbons (Fsp3) is 0.278. The highest BCUT2D eigenvalue weighted by Gasteiger charge is 2.23. The summed E-state index contributed by atoms with van der Waals surface area (Å²) < 4.78 is 15.9. The van der Waals surface area contributed by atoms with Crippen LogP contribution in [-0.4, -0.2) is 22.8 Å². The molecule has 0 aliphatic carbocycles. The van der Waals surface area contributed by atoms with Gasteiger partial charge in [0.15, 0.2) is 11.5 Å². The number of aryl methyl sites for hydroxylation is 1. The molecule has 0 saturated carbocycles. The van der Waals surface area contributed by atoms with Crippen molar-refractivity contribution in [3.8, 4) is 11.5 Å². The Labute approximate surface area is 161 Å². The first-order valence-electron chi connectivity index (χ1n) is 8.21. The van der Waals surface area contributed by atoms with E-state index in [1.807, 2.05) is 13.8 Å². The standard InChI is InChI=1S/C18H18N4O4.ClH/c1-8(2)16-15-10(4-9(3)20-18(15)26-22-16)17(23)21-12-6-14-13(5-11(12)19)24-7-25-14;/h4-6,8H,7,19H2,1-3H3,(H,21,23);1H. The molecule has 27 heavy (non-hydrogen) atoms. The third kappa shape index (κ3) is 3.23. The maximum Gasteiger partial charge on any atom is 0.259 e. The van der Waals surface area contributed by atoms with Crippen LogP contribution in [0, 0.1) is 6.92 Å². The second-order valence-corrected chi connectivity index (χ2v) is 6.46. The molecule has 9 heteroatoms. The van der Waals surface area contributed by atoms with E-state index in [9.17, 15) is 4.79 Å². The van der Waals surface area contributed by atoms with Gasteiger partial charge in [0.2, 0.25) is 6.79 Å². The number of hydrogen-bond acceptors (Lipinski definition) is 7. The number of benzene rings is 1. The number of nitrogen functional groups attached to an aromatic ring is 1. The quantitative estimate of drug-likeness (QED) is 0.656. The van der Waals surface area contributed by atoms with Gasteiger partial charge in [0.05, 0.1) is 28.0 Å². The maximum atomic E-state index is 13.0. The lowest BCUT2D eigenvalue weighted by Gasteiger charge is -2.11. The molecule has 4 rings (SSSR count). The second-order valence-electron chi connectivity index (χ2n) is 6.46. The molecule has 0 bridgehead atoms. The van der Waals surface area contributed by atoms with E-state index in [0.29, 0.717) is 50.9 Å². The summed E-state index contributed by atoms with van der Waals surface area (Å²) in [6, 6.07) is 4.99. The Morgan fingerprint density at radius 3 is 2.63 bits per heavy atom. The molecule has 1 aliphatic heterocycles. The van der Waals surface area contributed by atoms with Crippen LogP contribution in [-0.2, 0) is 0 Å². The van der Waals surface area contributed by atoms with Crippen molar-refractivity contribution >= 4 is 40.8 Å². The summed E-state index contributed by atoms with van der Waals surface area (Å²) >= 11 is 0. The van der Waals surface area contributed by atoms with Crippen molar-refractivity contribution in [1.29, 1.82) is 0 Å². The smallest absolute Gasteiger partial charge is 0.259 e. The number of carbonyl (C=O) groups is 1. The third-order valence-corrected chi connectivity index (χ3v) is 4.19. The Morgan fingerprint density at radius 2 is 1.93 bits per heavy atom. The van der Waals surface area contributed by atoms with Crippen LogP contribution in [0.1, 0.15) is 41.5 Å². The van der Waals surface area contributed by atoms with Gasteiger partial charge in [-0.15, -0.1) is 12.4 Å². The van der Waals surface area contributed by atoms with Gasteiger partial charge in [0, 0.05) is 17.8 Å². The fourth-order valence-corrected chi connectivity index (χ4v) is 2.93. The van der Waals surface area contributed by atoms with Crippen molar-refractivity contribution in [2.75, 3.05) is 17.8 Å². The first kappa shape index (κ1) is 18.8. The van der Waals surface area contributed by atoms with Gasteiger partial charge in [-0.05, 0) is 18.9 Å². The van der Waals surface area contributed by atoms with Crippen molar-refractivity contribution < 1.29 is 18.8 Å². The minimum atomic E-state index is -0.323. The van der Waals surface area contributed by atoms with Crippen LogP contribution in [0.3, 0.4) is 0 Å². The average Bonchev–Trinajstić information content (AvgIpc) is 3.20. The van der Waals surface area contributed by atoms with Gasteiger partial charge in [-0.1, -0.05) is 19.0 Å². The molecular weight excluding hydrogens is 372 g/mol. The SMILES string of the molecule is Cc1cc(C(=O)Nc2cc3c(cc2N)OCO3)c2c(C(C)C)noc2n1.Cl. The maximum absolute atomic E-state index is 13.0. The molecule has 3 N–H and O–H groups in total. The molecule has 142 valence electrons. The highest BCUT2D eigenvalue weighted by molar-refractivity contribution is 6.13. The molecule has 3 heterocycles. The molecule has 0 unspecified atom stereocenters. The summed E-state index contributed by atoms with van der Waals surface area (Å²) in [5.41, 5.74) is 9.00. The van der Waals surface area contributed by atoms with Gasteiger partial charge in [0.1, 0.15) is 0 Å². The van der Waals surface area contributed by atoms with Gasteiger partial charge < -0.3 is 25.0 Å². The molecule has 0 atom stereocenters. The zero-order valence-electron chi connectivity index (χ0n) is 15.0. The van der Waals surface area contributed by atoms with E-state index < -0.39 is 0 Å². The lowest BCUT2D eigenvalue weighted by atomic mass is 10.0. The minimum Gasteiger partial charge on any atom is -0.454 e. The highest BCUT2D eigenvalue weighted by Crippen LogP contribution is 2.38. The van der Waals surface area contributed by atoms with Crippen LogP contribution in [0.5, 0.6) is 11.5 Å². The minimum absolute atomic E-state index is 0. The Kier molecular flexibility index (Phi) is 4.84. The van der Waals surface area contributed by atoms with E-state index in [4.69, 9.17) is 19.7 Å². The number of pyridine rings is 1. The summed E-state index contributed by atoms with van der Waals surface area (Å²) in [7, 11) is 0. The predicted molar refractivity (Wildman–Crippen MR) is 103 cm³/mol. The number of fused-ring (bicyclic) bond motifs is 2. The predicted octanol–water partition coefficient (Wildman–Crippen LogP) is 3.64. The number of aromatic nitrogens is 2. The summed E-state index contributed by atoms with van der Waals surface area (Å²) in [6.45, 7) is 5.89. The molecule has 0 fully saturated rings. The lowest BCUT2D eigenvalue weighted by molar-refractivity contribution is 0.102. The normalized spacial score (nSPS) is 12.3. The van der Waals surface area contributed by atoms with Crippen molar-refractivity contribution in [2.24, 2.45) is 0 Å². The van der Waals surface area contributed by atoms with Gasteiger partial charge in [0.25, 0.3) is 11.6 Å². The number of rotatable bonds is 3. The number of nitrogens with zero attached hydrogens (tertiary/aromatic N) is 2. The Bertz CT molecular complexity index is 1030. The van der Waals surface area contributed by atoms with Gasteiger partial charge in [-0.2, -0.15) is 0 Å². The van der Waals surface area contributed by atoms with Gasteiger partial charge >= 0.3 is 0 Å². The second kappa shape index (κ2) is 6.96. The number of anilines is 2. The summed E-state index contributed by atoms with van der Waals surface area (Å²) in [6.07, 6.45) is 0. The monoisotopic (exact) mass is 390 g/mol. The molecule has 0 radical (unpaired) electrons. The van der Waals surface area contributed by atoms with Crippen molar-refractivity contribution in [2.45, 2.75) is 26.7 Å². The van der Waals surface area contributed by atoms with Crippen LogP contribution in [0.2, 0.25) is 0 Å². The molecule has 8 nitrogen and oxygen atoms in total. The fourth-order valence-electron chi connectivity index (χ4n) is 2.93. The van der Waals surface area contributed by atoms with E-state index in [1.54, 1.807) is 25.1 Å². The number of amides is 1. The van der Waals surface area contributed by atoms with E-state index in [-0.39, 0.29) is 31.0 Å². The number of carbonyl (C=O) groups excluding carboxylic acids is 1. The molecule has 1 amide bonds. The van der Waals surface area contributed by atoms with E-state index >= 15 is 0 Å². The van der Waals surface area contributed by atoms with Crippen LogP contribution in [0.4, 0.5) is 11.4 Å². The number of nitrogens with two attached hydrogens (primary N) is 1. The zero-order chi connectivity index (χ0) is 18.4. The van der Waals surface area contributed by atoms with Crippen molar-refractivity contribution in [1.82, 2.24) is 10.1 Å². The van der Waals surface area contributed by atoms with E-state index in [0.717, 1.165) is 0 Å². The Hall–Kier alpha value is -3.00. The average molecular weight is 391 g/mol. The van der Waals surface area contributed by atoms with Crippen molar-refractivity contribution in [3.05, 3.63) is 35.2 Å². The Morgan fingerprint density at radius 1 is 1.22 bits per heavy atom. The topological polar surface area (TPSA) is 113 Å². The number of hydrogen-bond donors (Lipinski definition) is 2. The molecule has 0 spiro atoms. The van der Waals surface area contributed by atoms with Crippen LogP contribution in [0.25, 0.3) is 11.1 Å². The van der Waals surface area contributed by atoms with E-state index in [1.165, 1.54) is 0 Å². The number of nitrogens with one attached hydrogen (secondary N) is 1. The summed E-state index contributed by atoms with van der Waals surface area (Å²) in [5.74, 6) is 0.862. The molecule has 1 aliphatic rings. The molecule has 1 aromatic carbocycles. The summed E-state index contributed by atoms with van der Waals surface area (Å²) in [4.78, 5) is 17.3. The zero-order valence-corrected chi connectivity index (χ0v) is 15.8.